The minimum Gasteiger partial charge on any atom is -0.102 e. The summed E-state index contributed by atoms with van der Waals surface area (Å²) in [5, 5.41) is 0. The van der Waals surface area contributed by atoms with Crippen molar-refractivity contribution in [2.45, 2.75) is 13.3 Å². The normalized spacial score (nSPS) is 8.42. The van der Waals surface area contributed by atoms with Crippen LogP contribution in [0.25, 0.3) is 0 Å². The van der Waals surface area contributed by atoms with Crippen molar-refractivity contribution >= 4 is 0 Å². The van der Waals surface area contributed by atoms with Crippen molar-refractivity contribution in [1.82, 2.24) is 0 Å². The third-order valence-corrected chi connectivity index (χ3v) is 1.50. The second kappa shape index (κ2) is 4.41. The van der Waals surface area contributed by atoms with E-state index in [0.29, 0.717) is 0 Å². The maximum atomic E-state index is 3.61. The minimum absolute atomic E-state index is 0.758. The van der Waals surface area contributed by atoms with Gasteiger partial charge in [0.05, 0.1) is 0 Å². The third-order valence-electron chi connectivity index (χ3n) is 1.50. The summed E-state index contributed by atoms with van der Waals surface area (Å²) in [7, 11) is 0. The lowest BCUT2D eigenvalue weighted by Gasteiger charge is -1.91. The Bertz CT molecular complexity index is 323. The van der Waals surface area contributed by atoms with Crippen molar-refractivity contribution in [3.8, 4) is 11.8 Å². The van der Waals surface area contributed by atoms with E-state index >= 15 is 0 Å². The van der Waals surface area contributed by atoms with E-state index in [2.05, 4.69) is 37.5 Å². The number of allylic oxidation sites excluding steroid dienone is 1. The molecule has 0 N–H and O–H groups in total. The monoisotopic (exact) mass is 156 g/mol. The predicted octanol–water partition coefficient (Wildman–Crippen LogP) is 2.92. The molecule has 0 radical (unpaired) electrons. The molecule has 1 aromatic carbocycles. The molecule has 0 aliphatic carbocycles. The van der Waals surface area contributed by atoms with Crippen LogP contribution < -0.4 is 0 Å². The Morgan fingerprint density at radius 3 is 3.00 bits per heavy atom. The van der Waals surface area contributed by atoms with E-state index in [-0.39, 0.29) is 0 Å². The molecule has 0 saturated carbocycles. The molecular weight excluding hydrogens is 144 g/mol. The highest BCUT2D eigenvalue weighted by molar-refractivity contribution is 5.36. The van der Waals surface area contributed by atoms with Crippen molar-refractivity contribution in [3.05, 3.63) is 48.0 Å². The Hall–Kier alpha value is -1.48. The van der Waals surface area contributed by atoms with Crippen molar-refractivity contribution in [2.75, 3.05) is 0 Å². The summed E-state index contributed by atoms with van der Waals surface area (Å²) < 4.78 is 0. The van der Waals surface area contributed by atoms with Crippen LogP contribution in [-0.2, 0) is 0 Å². The van der Waals surface area contributed by atoms with E-state index in [9.17, 15) is 0 Å². The van der Waals surface area contributed by atoms with Gasteiger partial charge >= 0.3 is 0 Å². The summed E-state index contributed by atoms with van der Waals surface area (Å²) >= 11 is 0. The Labute approximate surface area is 73.9 Å². The van der Waals surface area contributed by atoms with E-state index in [4.69, 9.17) is 0 Å². The van der Waals surface area contributed by atoms with E-state index in [1.807, 2.05) is 18.2 Å². The van der Waals surface area contributed by atoms with Gasteiger partial charge in [-0.05, 0) is 24.6 Å². The van der Waals surface area contributed by atoms with Gasteiger partial charge < -0.3 is 0 Å². The molecule has 60 valence electrons. The van der Waals surface area contributed by atoms with E-state index in [1.165, 1.54) is 5.56 Å². The fourth-order valence-corrected chi connectivity index (χ4v) is 0.948. The van der Waals surface area contributed by atoms with E-state index in [0.717, 1.165) is 12.0 Å². The number of hydrogen-bond donors (Lipinski definition) is 0. The van der Waals surface area contributed by atoms with Gasteiger partial charge in [-0.3, -0.25) is 0 Å². The maximum Gasteiger partial charge on any atom is 0.0270 e. The van der Waals surface area contributed by atoms with Crippen LogP contribution in [0, 0.1) is 18.8 Å². The number of rotatable bonds is 1. The standard InChI is InChI=1S/C12H12/c1-3-4-5-8-12-9-6-7-11(2)10-12/h3,6-7,9-10H,1,4H2,2H3. The van der Waals surface area contributed by atoms with Crippen molar-refractivity contribution in [2.24, 2.45) is 0 Å². The zero-order chi connectivity index (χ0) is 8.81. The molecule has 0 aliphatic heterocycles. The molecule has 0 heterocycles. The number of benzene rings is 1. The molecule has 12 heavy (non-hydrogen) atoms. The molecule has 0 bridgehead atoms. The fourth-order valence-electron chi connectivity index (χ4n) is 0.948. The van der Waals surface area contributed by atoms with Crippen LogP contribution >= 0.6 is 0 Å². The highest BCUT2D eigenvalue weighted by Gasteiger charge is 1.85. The molecule has 1 rings (SSSR count). The first-order chi connectivity index (χ1) is 5.83. The highest BCUT2D eigenvalue weighted by Crippen LogP contribution is 2.01. The SMILES string of the molecule is C=CCC#Cc1cccc(C)c1. The number of aryl methyl sites for hydroxylation is 1. The molecule has 0 fully saturated rings. The van der Waals surface area contributed by atoms with Crippen LogP contribution in [0.4, 0.5) is 0 Å². The quantitative estimate of drug-likeness (QED) is 0.433. The molecule has 0 aliphatic rings. The second-order valence-electron chi connectivity index (χ2n) is 2.66. The first kappa shape index (κ1) is 8.62. The summed E-state index contributed by atoms with van der Waals surface area (Å²) in [6.45, 7) is 5.68. The Morgan fingerprint density at radius 1 is 1.50 bits per heavy atom. The average molecular weight is 156 g/mol. The smallest absolute Gasteiger partial charge is 0.0270 e. The first-order valence-electron chi connectivity index (χ1n) is 3.99. The van der Waals surface area contributed by atoms with Crippen molar-refractivity contribution in [3.63, 3.8) is 0 Å². The van der Waals surface area contributed by atoms with Crippen LogP contribution in [0.5, 0.6) is 0 Å². The average Bonchev–Trinajstić information content (AvgIpc) is 2.05. The lowest BCUT2D eigenvalue weighted by atomic mass is 10.1. The first-order valence-corrected chi connectivity index (χ1v) is 3.99. The van der Waals surface area contributed by atoms with Crippen LogP contribution in [0.2, 0.25) is 0 Å². The summed E-state index contributed by atoms with van der Waals surface area (Å²) in [6, 6.07) is 8.19. The Kier molecular flexibility index (Phi) is 3.17. The van der Waals surface area contributed by atoms with Gasteiger partial charge in [-0.25, -0.2) is 0 Å². The summed E-state index contributed by atoms with van der Waals surface area (Å²) in [5.41, 5.74) is 2.33. The largest absolute Gasteiger partial charge is 0.102 e. The lowest BCUT2D eigenvalue weighted by molar-refractivity contribution is 1.44. The summed E-state index contributed by atoms with van der Waals surface area (Å²) in [5.74, 6) is 6.08. The highest BCUT2D eigenvalue weighted by atomic mass is 13.9. The second-order valence-corrected chi connectivity index (χ2v) is 2.66. The van der Waals surface area contributed by atoms with Crippen LogP contribution in [0.1, 0.15) is 17.5 Å². The Morgan fingerprint density at radius 2 is 2.33 bits per heavy atom. The lowest BCUT2D eigenvalue weighted by Crippen LogP contribution is -1.75. The summed E-state index contributed by atoms with van der Waals surface area (Å²) in [6.07, 6.45) is 2.57. The van der Waals surface area contributed by atoms with Gasteiger partial charge in [0.2, 0.25) is 0 Å². The van der Waals surface area contributed by atoms with Gasteiger partial charge in [0, 0.05) is 12.0 Å². The molecular formula is C12H12. The number of hydrogen-bond acceptors (Lipinski definition) is 0. The zero-order valence-corrected chi connectivity index (χ0v) is 7.30. The van der Waals surface area contributed by atoms with Crippen molar-refractivity contribution in [1.29, 1.82) is 0 Å². The van der Waals surface area contributed by atoms with Crippen molar-refractivity contribution < 1.29 is 0 Å². The molecule has 0 amide bonds. The maximum absolute atomic E-state index is 3.61. The van der Waals surface area contributed by atoms with E-state index in [1.54, 1.807) is 0 Å². The van der Waals surface area contributed by atoms with Crippen LogP contribution in [0.3, 0.4) is 0 Å². The molecule has 0 unspecified atom stereocenters. The molecule has 0 nitrogen and oxygen atoms in total. The Balaban J connectivity index is 2.77. The van der Waals surface area contributed by atoms with Gasteiger partial charge in [0.1, 0.15) is 0 Å². The molecule has 0 atom stereocenters. The van der Waals surface area contributed by atoms with Gasteiger partial charge in [-0.15, -0.1) is 6.58 Å². The minimum atomic E-state index is 0.758. The third kappa shape index (κ3) is 2.64. The van der Waals surface area contributed by atoms with Gasteiger partial charge in [0.25, 0.3) is 0 Å². The molecule has 0 spiro atoms. The molecule has 0 saturated heterocycles. The molecule has 0 heteroatoms. The predicted molar refractivity (Wildman–Crippen MR) is 52.9 cm³/mol. The molecule has 0 aromatic heterocycles. The van der Waals surface area contributed by atoms with E-state index < -0.39 is 0 Å². The van der Waals surface area contributed by atoms with Gasteiger partial charge in [0.15, 0.2) is 0 Å². The van der Waals surface area contributed by atoms with Crippen LogP contribution in [-0.4, -0.2) is 0 Å². The summed E-state index contributed by atoms with van der Waals surface area (Å²) in [4.78, 5) is 0. The van der Waals surface area contributed by atoms with Gasteiger partial charge in [-0.1, -0.05) is 30.0 Å². The van der Waals surface area contributed by atoms with Crippen LogP contribution in [0.15, 0.2) is 36.9 Å². The molecule has 1 aromatic rings. The fraction of sp³-hybridized carbons (Fsp3) is 0.167. The zero-order valence-electron chi connectivity index (χ0n) is 7.30. The topological polar surface area (TPSA) is 0 Å². The van der Waals surface area contributed by atoms with Gasteiger partial charge in [-0.2, -0.15) is 0 Å².